The lowest BCUT2D eigenvalue weighted by molar-refractivity contribution is -0.889. The van der Waals surface area contributed by atoms with Gasteiger partial charge in [0.15, 0.2) is 6.10 Å². The van der Waals surface area contributed by atoms with Gasteiger partial charge in [0.25, 0.3) is 0 Å². The molecule has 0 aliphatic heterocycles. The van der Waals surface area contributed by atoms with E-state index in [0.717, 1.165) is 38.5 Å². The molecule has 0 spiro atoms. The van der Waals surface area contributed by atoms with Crippen molar-refractivity contribution in [3.05, 3.63) is 0 Å². The molecular weight excluding hydrogens is 727 g/mol. The number of ether oxygens (including phenoxy) is 3. The summed E-state index contributed by atoms with van der Waals surface area (Å²) in [4.78, 5) is 36.9. The number of carbonyl (C=O) groups excluding carboxylic acids is 3. The minimum Gasteiger partial charge on any atom is -0.544 e. The van der Waals surface area contributed by atoms with Crippen LogP contribution >= 0.6 is 0 Å². The first-order chi connectivity index (χ1) is 28.1. The Hall–Kier alpha value is -1.67. The second-order valence-electron chi connectivity index (χ2n) is 18.4. The molecule has 0 N–H and O–H groups in total. The summed E-state index contributed by atoms with van der Waals surface area (Å²) < 4.78 is 17.2. The quantitative estimate of drug-likeness (QED) is 0.0342. The molecule has 0 radical (unpaired) electrons. The van der Waals surface area contributed by atoms with Gasteiger partial charge in [-0.15, -0.1) is 0 Å². The normalized spacial score (nSPS) is 12.8. The van der Waals surface area contributed by atoms with Crippen LogP contribution in [0.15, 0.2) is 0 Å². The molecule has 0 rings (SSSR count). The summed E-state index contributed by atoms with van der Waals surface area (Å²) in [5.74, 6) is -1.71. The van der Waals surface area contributed by atoms with Crippen molar-refractivity contribution >= 4 is 17.9 Å². The fourth-order valence-corrected chi connectivity index (χ4v) is 7.84. The number of carboxylic acid groups (broad SMARTS) is 1. The van der Waals surface area contributed by atoms with Gasteiger partial charge in [0.1, 0.15) is 12.6 Å². The zero-order chi connectivity index (χ0) is 42.8. The van der Waals surface area contributed by atoms with Crippen LogP contribution in [0.4, 0.5) is 0 Å². The highest BCUT2D eigenvalue weighted by Crippen LogP contribution is 2.17. The molecular formula is C50H97NO7. The van der Waals surface area contributed by atoms with Crippen molar-refractivity contribution in [3.63, 3.8) is 0 Å². The molecule has 0 saturated carbocycles. The van der Waals surface area contributed by atoms with Gasteiger partial charge in [-0.05, 0) is 12.8 Å². The Balaban J connectivity index is 4.12. The molecule has 0 aromatic heterocycles. The Kier molecular flexibility index (Phi) is 40.8. The minimum atomic E-state index is -1.12. The Morgan fingerprint density at radius 1 is 0.448 bits per heavy atom. The third-order valence-electron chi connectivity index (χ3n) is 11.7. The summed E-state index contributed by atoms with van der Waals surface area (Å²) in [6, 6.07) is -0.719. The van der Waals surface area contributed by atoms with Gasteiger partial charge in [-0.2, -0.15) is 0 Å². The molecule has 0 aromatic carbocycles. The van der Waals surface area contributed by atoms with E-state index >= 15 is 0 Å². The highest BCUT2D eigenvalue weighted by molar-refractivity contribution is 5.70. The number of nitrogens with zero attached hydrogens (tertiary/aromatic N) is 1. The number of quaternary nitrogens is 1. The molecule has 8 nitrogen and oxygen atoms in total. The number of unbranched alkanes of at least 4 members (excludes halogenated alkanes) is 32. The van der Waals surface area contributed by atoms with Crippen molar-refractivity contribution in [3.8, 4) is 0 Å². The Labute approximate surface area is 359 Å². The predicted molar refractivity (Wildman–Crippen MR) is 241 cm³/mol. The summed E-state index contributed by atoms with van der Waals surface area (Å²) >= 11 is 0. The average Bonchev–Trinajstić information content (AvgIpc) is 3.18. The van der Waals surface area contributed by atoms with E-state index < -0.39 is 18.1 Å². The maximum Gasteiger partial charge on any atom is 0.306 e. The summed E-state index contributed by atoms with van der Waals surface area (Å²) in [6.45, 7) is 4.70. The van der Waals surface area contributed by atoms with Gasteiger partial charge in [0, 0.05) is 19.3 Å². The van der Waals surface area contributed by atoms with Crippen molar-refractivity contribution in [2.75, 3.05) is 41.0 Å². The van der Waals surface area contributed by atoms with E-state index in [1.807, 2.05) is 21.1 Å². The van der Waals surface area contributed by atoms with Gasteiger partial charge in [-0.3, -0.25) is 9.59 Å². The molecule has 58 heavy (non-hydrogen) atoms. The minimum absolute atomic E-state index is 0.0494. The van der Waals surface area contributed by atoms with Crippen LogP contribution in [-0.4, -0.2) is 75.5 Å². The van der Waals surface area contributed by atoms with Crippen molar-refractivity contribution in [2.45, 2.75) is 264 Å². The lowest BCUT2D eigenvalue weighted by Crippen LogP contribution is -2.55. The monoisotopic (exact) mass is 824 g/mol. The van der Waals surface area contributed by atoms with Gasteiger partial charge in [-0.1, -0.05) is 219 Å². The largest absolute Gasteiger partial charge is 0.544 e. The molecule has 0 saturated heterocycles. The van der Waals surface area contributed by atoms with Crippen LogP contribution in [0, 0.1) is 0 Å². The molecule has 2 atom stereocenters. The van der Waals surface area contributed by atoms with Crippen molar-refractivity contribution < 1.29 is 38.2 Å². The summed E-state index contributed by atoms with van der Waals surface area (Å²) in [5, 5.41) is 11.6. The topological polar surface area (TPSA) is 102 Å². The van der Waals surface area contributed by atoms with E-state index in [2.05, 4.69) is 13.8 Å². The number of hydrogen-bond donors (Lipinski definition) is 0. The lowest BCUT2D eigenvalue weighted by Gasteiger charge is -2.34. The van der Waals surface area contributed by atoms with Crippen LogP contribution in [0.3, 0.4) is 0 Å². The molecule has 2 unspecified atom stereocenters. The molecule has 0 aliphatic carbocycles. The van der Waals surface area contributed by atoms with E-state index in [4.69, 9.17) is 14.2 Å². The zero-order valence-corrected chi connectivity index (χ0v) is 39.2. The predicted octanol–water partition coefficient (Wildman–Crippen LogP) is 12.8. The number of carbonyl (C=O) groups is 3. The average molecular weight is 824 g/mol. The second-order valence-corrected chi connectivity index (χ2v) is 18.4. The highest BCUT2D eigenvalue weighted by atomic mass is 16.6. The van der Waals surface area contributed by atoms with Crippen LogP contribution in [0.1, 0.15) is 251 Å². The maximum absolute atomic E-state index is 12.8. The SMILES string of the molecule is CCCCCCCCCCCCCCCCCCCCCCCCCC(=O)OC(COCCC(C(=O)[O-])[N+](C)(C)C)COC(=O)CCCCCCCCCCCCC. The van der Waals surface area contributed by atoms with E-state index in [1.165, 1.54) is 180 Å². The molecule has 344 valence electrons. The number of rotatable bonds is 46. The Bertz CT molecular complexity index is 920. The second kappa shape index (κ2) is 42.0. The van der Waals surface area contributed by atoms with Crippen LogP contribution in [0.5, 0.6) is 0 Å². The molecule has 8 heteroatoms. The number of aliphatic carboxylic acids is 1. The van der Waals surface area contributed by atoms with E-state index in [9.17, 15) is 19.5 Å². The third-order valence-corrected chi connectivity index (χ3v) is 11.7. The van der Waals surface area contributed by atoms with E-state index in [1.54, 1.807) is 0 Å². The molecule has 0 aromatic rings. The number of hydrogen-bond acceptors (Lipinski definition) is 7. The number of esters is 2. The number of carboxylic acids is 1. The number of likely N-dealkylation sites (N-methyl/N-ethyl adjacent to an activating group) is 1. The third kappa shape index (κ3) is 39.8. The first-order valence-corrected chi connectivity index (χ1v) is 25.1. The Morgan fingerprint density at radius 2 is 0.759 bits per heavy atom. The van der Waals surface area contributed by atoms with Crippen molar-refractivity contribution in [1.82, 2.24) is 0 Å². The fraction of sp³-hybridized carbons (Fsp3) is 0.940. The molecule has 0 aliphatic rings. The maximum atomic E-state index is 12.8. The molecule has 0 heterocycles. The standard InChI is InChI=1S/C50H97NO7/c1-6-8-10-12-14-16-18-19-20-21-22-23-24-25-26-27-28-29-31-33-35-37-39-41-49(53)58-46(44-56-43-42-47(50(54)55)51(3,4)5)45-57-48(52)40-38-36-34-32-30-17-15-13-11-9-7-2/h46-47H,6-45H2,1-5H3. The van der Waals surface area contributed by atoms with Crippen LogP contribution in [0.25, 0.3) is 0 Å². The van der Waals surface area contributed by atoms with Crippen LogP contribution in [0.2, 0.25) is 0 Å². The van der Waals surface area contributed by atoms with Gasteiger partial charge in [0.2, 0.25) is 0 Å². The molecule has 0 fully saturated rings. The van der Waals surface area contributed by atoms with Gasteiger partial charge < -0.3 is 28.6 Å². The fourth-order valence-electron chi connectivity index (χ4n) is 7.84. The van der Waals surface area contributed by atoms with E-state index in [0.29, 0.717) is 12.8 Å². The summed E-state index contributed by atoms with van der Waals surface area (Å²) in [6.07, 6.45) is 44.2. The van der Waals surface area contributed by atoms with Crippen molar-refractivity contribution in [1.29, 1.82) is 0 Å². The molecule has 0 bridgehead atoms. The zero-order valence-electron chi connectivity index (χ0n) is 39.2. The summed E-state index contributed by atoms with van der Waals surface area (Å²) in [7, 11) is 5.42. The van der Waals surface area contributed by atoms with Crippen LogP contribution in [-0.2, 0) is 28.6 Å². The highest BCUT2D eigenvalue weighted by Gasteiger charge is 2.25. The molecule has 0 amide bonds. The van der Waals surface area contributed by atoms with E-state index in [-0.39, 0.29) is 42.7 Å². The van der Waals surface area contributed by atoms with Gasteiger partial charge in [-0.25, -0.2) is 0 Å². The summed E-state index contributed by atoms with van der Waals surface area (Å²) in [5.41, 5.74) is 0. The first-order valence-electron chi connectivity index (χ1n) is 25.1. The van der Waals surface area contributed by atoms with Gasteiger partial charge in [0.05, 0.1) is 40.3 Å². The van der Waals surface area contributed by atoms with Crippen LogP contribution < -0.4 is 5.11 Å². The Morgan fingerprint density at radius 3 is 1.07 bits per heavy atom. The van der Waals surface area contributed by atoms with Gasteiger partial charge >= 0.3 is 11.9 Å². The lowest BCUT2D eigenvalue weighted by atomic mass is 10.0. The first kappa shape index (κ1) is 56.3. The van der Waals surface area contributed by atoms with Crippen molar-refractivity contribution in [2.24, 2.45) is 0 Å². The smallest absolute Gasteiger partial charge is 0.306 e.